The summed E-state index contributed by atoms with van der Waals surface area (Å²) in [6, 6.07) is 21.9. The first kappa shape index (κ1) is 20.2. The third-order valence-corrected chi connectivity index (χ3v) is 4.93. The molecule has 1 amide bonds. The van der Waals surface area contributed by atoms with Crippen LogP contribution in [0.15, 0.2) is 77.6 Å². The van der Waals surface area contributed by atoms with Gasteiger partial charge in [-0.15, -0.1) is 0 Å². The third kappa shape index (κ3) is 4.11. The molecule has 0 saturated carbocycles. The number of carbonyl (C=O) groups excluding carboxylic acids is 1. The zero-order chi connectivity index (χ0) is 21.8. The zero-order valence-electron chi connectivity index (χ0n) is 17.3. The normalized spacial score (nSPS) is 10.6. The molecule has 31 heavy (non-hydrogen) atoms. The number of aromatic nitrogens is 2. The maximum Gasteiger partial charge on any atom is 0.276 e. The van der Waals surface area contributed by atoms with Crippen LogP contribution in [-0.4, -0.2) is 22.8 Å². The molecule has 4 rings (SSSR count). The molecule has 0 saturated heterocycles. The van der Waals surface area contributed by atoms with Crippen LogP contribution in [0.5, 0.6) is 5.75 Å². The topological polar surface area (TPSA) is 85.2 Å². The molecule has 0 spiro atoms. The van der Waals surface area contributed by atoms with Crippen LogP contribution in [0.1, 0.15) is 17.4 Å². The van der Waals surface area contributed by atoms with Gasteiger partial charge in [-0.3, -0.25) is 9.59 Å². The van der Waals surface area contributed by atoms with Gasteiger partial charge < -0.3 is 15.4 Å². The van der Waals surface area contributed by atoms with Crippen molar-refractivity contribution in [1.82, 2.24) is 9.78 Å². The van der Waals surface area contributed by atoms with Crippen LogP contribution in [0.2, 0.25) is 0 Å². The first-order chi connectivity index (χ1) is 15.1. The molecule has 0 atom stereocenters. The Labute approximate surface area is 179 Å². The number of carbonyl (C=O) groups is 1. The molecular weight excluding hydrogens is 392 g/mol. The SMILES string of the molecule is CCn1nc(C(=O)Nc2ccccc2Nc2ccc(OC)cc2)c2ccccc2c1=O. The van der Waals surface area contributed by atoms with E-state index in [2.05, 4.69) is 15.7 Å². The molecule has 0 aliphatic rings. The summed E-state index contributed by atoms with van der Waals surface area (Å²) in [4.78, 5) is 25.7. The van der Waals surface area contributed by atoms with Crippen LogP contribution < -0.4 is 20.9 Å². The molecule has 156 valence electrons. The minimum Gasteiger partial charge on any atom is -0.497 e. The number of amides is 1. The van der Waals surface area contributed by atoms with E-state index in [1.54, 1.807) is 31.4 Å². The number of benzene rings is 3. The number of para-hydroxylation sites is 2. The summed E-state index contributed by atoms with van der Waals surface area (Å²) in [5.41, 5.74) is 2.18. The highest BCUT2D eigenvalue weighted by molar-refractivity contribution is 6.12. The Morgan fingerprint density at radius 2 is 1.58 bits per heavy atom. The van der Waals surface area contributed by atoms with E-state index in [9.17, 15) is 9.59 Å². The quantitative estimate of drug-likeness (QED) is 0.488. The summed E-state index contributed by atoms with van der Waals surface area (Å²) in [5, 5.41) is 11.5. The van der Waals surface area contributed by atoms with Gasteiger partial charge in [-0.2, -0.15) is 5.10 Å². The molecule has 0 unspecified atom stereocenters. The van der Waals surface area contributed by atoms with Gasteiger partial charge in [-0.25, -0.2) is 4.68 Å². The molecule has 0 radical (unpaired) electrons. The first-order valence-corrected chi connectivity index (χ1v) is 9.92. The van der Waals surface area contributed by atoms with Crippen molar-refractivity contribution in [2.75, 3.05) is 17.7 Å². The number of hydrogen-bond acceptors (Lipinski definition) is 5. The number of methoxy groups -OCH3 is 1. The van der Waals surface area contributed by atoms with Crippen LogP contribution in [-0.2, 0) is 6.54 Å². The van der Waals surface area contributed by atoms with Gasteiger partial charge in [-0.1, -0.05) is 30.3 Å². The largest absolute Gasteiger partial charge is 0.497 e. The Hall–Kier alpha value is -4.13. The number of aryl methyl sites for hydroxylation is 1. The number of hydrogen-bond donors (Lipinski definition) is 2. The lowest BCUT2D eigenvalue weighted by molar-refractivity contribution is 0.102. The number of nitrogens with one attached hydrogen (secondary N) is 2. The van der Waals surface area contributed by atoms with E-state index >= 15 is 0 Å². The number of ether oxygens (including phenoxy) is 1. The summed E-state index contributed by atoms with van der Waals surface area (Å²) >= 11 is 0. The second-order valence-electron chi connectivity index (χ2n) is 6.87. The van der Waals surface area contributed by atoms with Crippen LogP contribution in [0.3, 0.4) is 0 Å². The molecule has 4 aromatic rings. The minimum absolute atomic E-state index is 0.205. The minimum atomic E-state index is -0.387. The van der Waals surface area contributed by atoms with E-state index in [4.69, 9.17) is 4.74 Å². The number of anilines is 3. The summed E-state index contributed by atoms with van der Waals surface area (Å²) in [7, 11) is 1.62. The number of fused-ring (bicyclic) bond motifs is 1. The number of nitrogens with zero attached hydrogens (tertiary/aromatic N) is 2. The molecule has 7 nitrogen and oxygen atoms in total. The Morgan fingerprint density at radius 1 is 0.935 bits per heavy atom. The lowest BCUT2D eigenvalue weighted by Crippen LogP contribution is -2.27. The van der Waals surface area contributed by atoms with E-state index in [0.29, 0.717) is 23.0 Å². The molecule has 0 bridgehead atoms. The predicted molar refractivity (Wildman–Crippen MR) is 122 cm³/mol. The average molecular weight is 414 g/mol. The van der Waals surface area contributed by atoms with Crippen molar-refractivity contribution in [2.24, 2.45) is 0 Å². The van der Waals surface area contributed by atoms with Crippen molar-refractivity contribution in [1.29, 1.82) is 0 Å². The van der Waals surface area contributed by atoms with E-state index in [1.807, 2.05) is 55.5 Å². The average Bonchev–Trinajstić information content (AvgIpc) is 2.81. The van der Waals surface area contributed by atoms with Crippen molar-refractivity contribution in [3.05, 3.63) is 88.8 Å². The van der Waals surface area contributed by atoms with Gasteiger partial charge in [0.25, 0.3) is 11.5 Å². The maximum atomic E-state index is 13.2. The Balaban J connectivity index is 1.67. The molecule has 7 heteroatoms. The monoisotopic (exact) mass is 414 g/mol. The fourth-order valence-corrected chi connectivity index (χ4v) is 3.33. The summed E-state index contributed by atoms with van der Waals surface area (Å²) in [6.07, 6.45) is 0. The lowest BCUT2D eigenvalue weighted by Gasteiger charge is -2.14. The van der Waals surface area contributed by atoms with Crippen LogP contribution >= 0.6 is 0 Å². The van der Waals surface area contributed by atoms with Gasteiger partial charge in [0.1, 0.15) is 5.75 Å². The van der Waals surface area contributed by atoms with E-state index < -0.39 is 0 Å². The maximum absolute atomic E-state index is 13.2. The van der Waals surface area contributed by atoms with Crippen molar-refractivity contribution in [2.45, 2.75) is 13.5 Å². The Morgan fingerprint density at radius 3 is 2.26 bits per heavy atom. The van der Waals surface area contributed by atoms with Crippen LogP contribution in [0, 0.1) is 0 Å². The highest BCUT2D eigenvalue weighted by Crippen LogP contribution is 2.27. The highest BCUT2D eigenvalue weighted by atomic mass is 16.5. The smallest absolute Gasteiger partial charge is 0.276 e. The van der Waals surface area contributed by atoms with Crippen molar-refractivity contribution in [3.63, 3.8) is 0 Å². The van der Waals surface area contributed by atoms with Crippen LogP contribution in [0.4, 0.5) is 17.1 Å². The van der Waals surface area contributed by atoms with Crippen molar-refractivity contribution in [3.8, 4) is 5.75 Å². The molecule has 1 heterocycles. The van der Waals surface area contributed by atoms with Crippen LogP contribution in [0.25, 0.3) is 10.8 Å². The highest BCUT2D eigenvalue weighted by Gasteiger charge is 2.17. The standard InChI is InChI=1S/C24H22N4O3/c1-3-28-24(30)19-9-5-4-8-18(19)22(27-28)23(29)26-21-11-7-6-10-20(21)25-16-12-14-17(31-2)15-13-16/h4-15,25H,3H2,1-2H3,(H,26,29). The molecule has 0 aliphatic carbocycles. The number of rotatable bonds is 6. The van der Waals surface area contributed by atoms with Gasteiger partial charge in [0.15, 0.2) is 5.69 Å². The van der Waals surface area contributed by atoms with E-state index in [0.717, 1.165) is 17.1 Å². The fourth-order valence-electron chi connectivity index (χ4n) is 3.33. The lowest BCUT2D eigenvalue weighted by atomic mass is 10.1. The molecule has 0 aliphatic heterocycles. The third-order valence-electron chi connectivity index (χ3n) is 4.93. The first-order valence-electron chi connectivity index (χ1n) is 9.92. The molecule has 3 aromatic carbocycles. The predicted octanol–water partition coefficient (Wildman–Crippen LogP) is 4.42. The van der Waals surface area contributed by atoms with Gasteiger partial charge in [-0.05, 0) is 49.4 Å². The molecular formula is C24H22N4O3. The van der Waals surface area contributed by atoms with Gasteiger partial charge in [0.05, 0.1) is 23.9 Å². The second kappa shape index (κ2) is 8.71. The summed E-state index contributed by atoms with van der Waals surface area (Å²) in [5.74, 6) is 0.374. The molecule has 1 aromatic heterocycles. The molecule has 0 fully saturated rings. The van der Waals surface area contributed by atoms with Gasteiger partial charge in [0, 0.05) is 17.6 Å². The fraction of sp³-hybridized carbons (Fsp3) is 0.125. The summed E-state index contributed by atoms with van der Waals surface area (Å²) in [6.45, 7) is 2.19. The van der Waals surface area contributed by atoms with Crippen molar-refractivity contribution >= 4 is 33.7 Å². The van der Waals surface area contributed by atoms with Gasteiger partial charge >= 0.3 is 0 Å². The van der Waals surface area contributed by atoms with E-state index in [-0.39, 0.29) is 17.2 Å². The van der Waals surface area contributed by atoms with E-state index in [1.165, 1.54) is 4.68 Å². The Kier molecular flexibility index (Phi) is 5.66. The molecule has 2 N–H and O–H groups in total. The van der Waals surface area contributed by atoms with Crippen molar-refractivity contribution < 1.29 is 9.53 Å². The zero-order valence-corrected chi connectivity index (χ0v) is 17.3. The Bertz CT molecular complexity index is 1300. The van der Waals surface area contributed by atoms with Gasteiger partial charge in [0.2, 0.25) is 0 Å². The second-order valence-corrected chi connectivity index (χ2v) is 6.87. The summed E-state index contributed by atoms with van der Waals surface area (Å²) < 4.78 is 6.50.